The summed E-state index contributed by atoms with van der Waals surface area (Å²) in [7, 11) is 4.49. The molecule has 0 spiro atoms. The van der Waals surface area contributed by atoms with Crippen molar-refractivity contribution in [3.63, 3.8) is 0 Å². The average molecular weight is 267 g/mol. The maximum atomic E-state index is 5.87. The first-order chi connectivity index (χ1) is 9.00. The van der Waals surface area contributed by atoms with E-state index in [-0.39, 0.29) is 0 Å². The van der Waals surface area contributed by atoms with Crippen LogP contribution in [0.2, 0.25) is 0 Å². The summed E-state index contributed by atoms with van der Waals surface area (Å²) in [6.45, 7) is 10.3. The fraction of sp³-hybridized carbons (Fsp3) is 1.00. The lowest BCUT2D eigenvalue weighted by Gasteiger charge is -2.55. The summed E-state index contributed by atoms with van der Waals surface area (Å²) >= 11 is 0. The number of nitrogens with one attached hydrogen (secondary N) is 1. The second-order valence-corrected chi connectivity index (χ2v) is 7.35. The van der Waals surface area contributed by atoms with Gasteiger partial charge in [0.1, 0.15) is 0 Å². The van der Waals surface area contributed by atoms with E-state index in [4.69, 9.17) is 4.74 Å². The van der Waals surface area contributed by atoms with Gasteiger partial charge in [-0.1, -0.05) is 13.8 Å². The van der Waals surface area contributed by atoms with E-state index in [1.54, 1.807) is 0 Å². The van der Waals surface area contributed by atoms with Crippen molar-refractivity contribution in [3.05, 3.63) is 0 Å². The molecule has 19 heavy (non-hydrogen) atoms. The molecule has 1 aliphatic carbocycles. The van der Waals surface area contributed by atoms with Crippen molar-refractivity contribution in [2.75, 3.05) is 46.9 Å². The van der Waals surface area contributed by atoms with Crippen molar-refractivity contribution in [2.45, 2.75) is 38.5 Å². The molecular weight excluding hydrogens is 238 g/mol. The minimum Gasteiger partial charge on any atom is -0.377 e. The van der Waals surface area contributed by atoms with Crippen LogP contribution in [0, 0.1) is 11.3 Å². The summed E-state index contributed by atoms with van der Waals surface area (Å²) in [5, 5.41) is 3.85. The van der Waals surface area contributed by atoms with E-state index in [0.717, 1.165) is 19.1 Å². The summed E-state index contributed by atoms with van der Waals surface area (Å²) in [6.07, 6.45) is 1.74. The molecule has 2 saturated heterocycles. The number of hydrogen-bond donors (Lipinski definition) is 1. The molecule has 3 fully saturated rings. The number of likely N-dealkylation sites (N-methyl/N-ethyl adjacent to an activating group) is 2. The molecule has 1 saturated carbocycles. The normalized spacial score (nSPS) is 42.9. The number of piperazine rings is 1. The van der Waals surface area contributed by atoms with Gasteiger partial charge in [-0.3, -0.25) is 4.90 Å². The summed E-state index contributed by atoms with van der Waals surface area (Å²) in [4.78, 5) is 4.95. The lowest BCUT2D eigenvalue weighted by molar-refractivity contribution is -0.113. The molecule has 3 aliphatic rings. The standard InChI is InChI=1S/C15H29N3O/c1-15(2)13(12-5-8-19-14(12)15)16-9-11-10-17(3)6-7-18(11)4/h11-14,16H,5-10H2,1-4H3. The SMILES string of the molecule is CN1CCN(C)C(CNC2C3CCOC3C2(C)C)C1. The number of hydrogen-bond acceptors (Lipinski definition) is 4. The Morgan fingerprint density at radius 2 is 2.05 bits per heavy atom. The van der Waals surface area contributed by atoms with Crippen molar-refractivity contribution in [1.29, 1.82) is 0 Å². The van der Waals surface area contributed by atoms with Crippen LogP contribution in [0.5, 0.6) is 0 Å². The second kappa shape index (κ2) is 4.99. The minimum atomic E-state index is 0.306. The second-order valence-electron chi connectivity index (χ2n) is 7.35. The third-order valence-corrected chi connectivity index (χ3v) is 5.65. The summed E-state index contributed by atoms with van der Waals surface area (Å²) < 4.78 is 5.87. The summed E-state index contributed by atoms with van der Waals surface area (Å²) in [6, 6.07) is 1.29. The quantitative estimate of drug-likeness (QED) is 0.812. The Bertz CT molecular complexity index is 333. The Morgan fingerprint density at radius 3 is 2.84 bits per heavy atom. The molecule has 4 nitrogen and oxygen atoms in total. The van der Waals surface area contributed by atoms with Crippen LogP contribution in [0.4, 0.5) is 0 Å². The van der Waals surface area contributed by atoms with E-state index in [2.05, 4.69) is 43.1 Å². The van der Waals surface area contributed by atoms with Gasteiger partial charge in [-0.25, -0.2) is 0 Å². The molecule has 2 aliphatic heterocycles. The zero-order chi connectivity index (χ0) is 13.6. The van der Waals surface area contributed by atoms with Crippen molar-refractivity contribution in [2.24, 2.45) is 11.3 Å². The fourth-order valence-electron chi connectivity index (χ4n) is 4.32. The van der Waals surface area contributed by atoms with Crippen molar-refractivity contribution in [3.8, 4) is 0 Å². The van der Waals surface area contributed by atoms with Crippen LogP contribution < -0.4 is 5.32 Å². The Morgan fingerprint density at radius 1 is 1.26 bits per heavy atom. The van der Waals surface area contributed by atoms with E-state index < -0.39 is 0 Å². The minimum absolute atomic E-state index is 0.306. The van der Waals surface area contributed by atoms with E-state index in [9.17, 15) is 0 Å². The first kappa shape index (κ1) is 13.8. The highest BCUT2D eigenvalue weighted by Gasteiger charge is 2.59. The molecule has 0 aromatic rings. The zero-order valence-corrected chi connectivity index (χ0v) is 12.9. The maximum absolute atomic E-state index is 5.87. The van der Waals surface area contributed by atoms with Gasteiger partial charge >= 0.3 is 0 Å². The van der Waals surface area contributed by atoms with Crippen LogP contribution in [0.15, 0.2) is 0 Å². The zero-order valence-electron chi connectivity index (χ0n) is 12.9. The van der Waals surface area contributed by atoms with E-state index in [1.807, 2.05) is 0 Å². The van der Waals surface area contributed by atoms with Gasteiger partial charge in [0.05, 0.1) is 6.10 Å². The molecule has 3 rings (SSSR count). The Balaban J connectivity index is 1.54. The van der Waals surface area contributed by atoms with Gasteiger partial charge in [0.25, 0.3) is 0 Å². The Labute approximate surface area is 117 Å². The van der Waals surface area contributed by atoms with Crippen molar-refractivity contribution in [1.82, 2.24) is 15.1 Å². The lowest BCUT2D eigenvalue weighted by Crippen LogP contribution is -2.67. The largest absolute Gasteiger partial charge is 0.377 e. The van der Waals surface area contributed by atoms with E-state index in [0.29, 0.717) is 23.6 Å². The molecule has 0 radical (unpaired) electrons. The van der Waals surface area contributed by atoms with Gasteiger partial charge in [0.15, 0.2) is 0 Å². The number of nitrogens with zero attached hydrogens (tertiary/aromatic N) is 2. The van der Waals surface area contributed by atoms with Crippen LogP contribution >= 0.6 is 0 Å². The molecule has 0 amide bonds. The van der Waals surface area contributed by atoms with Crippen LogP contribution in [0.3, 0.4) is 0 Å². The van der Waals surface area contributed by atoms with Crippen LogP contribution in [0.1, 0.15) is 20.3 Å². The number of ether oxygens (including phenoxy) is 1. The monoisotopic (exact) mass is 267 g/mol. The molecule has 4 unspecified atom stereocenters. The highest BCUT2D eigenvalue weighted by molar-refractivity contribution is 5.11. The smallest absolute Gasteiger partial charge is 0.0685 e. The predicted octanol–water partition coefficient (Wildman–Crippen LogP) is 0.635. The molecule has 2 heterocycles. The van der Waals surface area contributed by atoms with E-state index >= 15 is 0 Å². The summed E-state index contributed by atoms with van der Waals surface area (Å²) in [5.74, 6) is 0.752. The molecule has 110 valence electrons. The third kappa shape index (κ3) is 2.33. The van der Waals surface area contributed by atoms with Crippen LogP contribution in [-0.2, 0) is 4.74 Å². The van der Waals surface area contributed by atoms with Crippen molar-refractivity contribution >= 4 is 0 Å². The number of rotatable bonds is 3. The van der Waals surface area contributed by atoms with Gasteiger partial charge in [0.2, 0.25) is 0 Å². The van der Waals surface area contributed by atoms with Gasteiger partial charge in [-0.15, -0.1) is 0 Å². The van der Waals surface area contributed by atoms with E-state index in [1.165, 1.54) is 26.1 Å². The molecule has 4 atom stereocenters. The average Bonchev–Trinajstić information content (AvgIpc) is 2.80. The highest BCUT2D eigenvalue weighted by Crippen LogP contribution is 2.52. The lowest BCUT2D eigenvalue weighted by atomic mass is 9.57. The number of fused-ring (bicyclic) bond motifs is 1. The Hall–Kier alpha value is -0.160. The molecular formula is C15H29N3O. The van der Waals surface area contributed by atoms with Gasteiger partial charge in [-0.05, 0) is 20.5 Å². The topological polar surface area (TPSA) is 27.7 Å². The maximum Gasteiger partial charge on any atom is 0.0685 e. The molecule has 0 bridgehead atoms. The van der Waals surface area contributed by atoms with Gasteiger partial charge in [-0.2, -0.15) is 0 Å². The van der Waals surface area contributed by atoms with Crippen LogP contribution in [0.25, 0.3) is 0 Å². The molecule has 1 N–H and O–H groups in total. The molecule has 0 aromatic heterocycles. The van der Waals surface area contributed by atoms with Crippen LogP contribution in [-0.4, -0.2) is 74.9 Å². The predicted molar refractivity (Wildman–Crippen MR) is 77.3 cm³/mol. The first-order valence-corrected chi connectivity index (χ1v) is 7.74. The first-order valence-electron chi connectivity index (χ1n) is 7.74. The molecule has 4 heteroatoms. The Kier molecular flexibility index (Phi) is 3.63. The van der Waals surface area contributed by atoms with Gasteiger partial charge < -0.3 is 15.0 Å². The van der Waals surface area contributed by atoms with Gasteiger partial charge in [0, 0.05) is 56.2 Å². The molecule has 0 aromatic carbocycles. The fourth-order valence-corrected chi connectivity index (χ4v) is 4.32. The summed E-state index contributed by atoms with van der Waals surface area (Å²) in [5.41, 5.74) is 0.306. The third-order valence-electron chi connectivity index (χ3n) is 5.65. The van der Waals surface area contributed by atoms with Crippen molar-refractivity contribution < 1.29 is 4.74 Å². The highest BCUT2D eigenvalue weighted by atomic mass is 16.5.